The van der Waals surface area contributed by atoms with Gasteiger partial charge in [-0.2, -0.15) is 4.31 Å². The normalized spacial score (nSPS) is 20.5. The van der Waals surface area contributed by atoms with Gasteiger partial charge < -0.3 is 5.73 Å². The molecule has 2 N–H and O–H groups in total. The third-order valence-electron chi connectivity index (χ3n) is 3.38. The van der Waals surface area contributed by atoms with Crippen LogP contribution in [0, 0.1) is 23.4 Å². The first-order valence-corrected chi connectivity index (χ1v) is 7.65. The van der Waals surface area contributed by atoms with Crippen LogP contribution in [0.5, 0.6) is 0 Å². The molecule has 112 valence electrons. The highest BCUT2D eigenvalue weighted by molar-refractivity contribution is 7.89. The number of hydrogen-bond donors (Lipinski definition) is 1. The lowest BCUT2D eigenvalue weighted by molar-refractivity contribution is 0.433. The molecular weight excluding hydrogens is 293 g/mol. The Balaban J connectivity index is 2.33. The molecule has 1 atom stereocenters. The van der Waals surface area contributed by atoms with Gasteiger partial charge in [-0.1, -0.05) is 0 Å². The van der Waals surface area contributed by atoms with E-state index in [-0.39, 0.29) is 19.0 Å². The Bertz CT molecular complexity index is 584. The van der Waals surface area contributed by atoms with Gasteiger partial charge in [0, 0.05) is 25.2 Å². The number of rotatable bonds is 4. The van der Waals surface area contributed by atoms with Crippen molar-refractivity contribution in [3.05, 3.63) is 29.6 Å². The van der Waals surface area contributed by atoms with Crippen molar-refractivity contribution >= 4 is 10.0 Å². The van der Waals surface area contributed by atoms with Crippen molar-refractivity contribution in [1.82, 2.24) is 4.31 Å². The maximum absolute atomic E-state index is 13.6. The summed E-state index contributed by atoms with van der Waals surface area (Å²) in [6.45, 7) is 0.789. The number of halogens is 3. The first kappa shape index (κ1) is 15.3. The molecule has 1 unspecified atom stereocenters. The monoisotopic (exact) mass is 308 g/mol. The first-order chi connectivity index (χ1) is 9.36. The topological polar surface area (TPSA) is 63.4 Å². The summed E-state index contributed by atoms with van der Waals surface area (Å²) in [5, 5.41) is 0. The molecule has 1 fully saturated rings. The zero-order chi connectivity index (χ0) is 14.9. The Morgan fingerprint density at radius 1 is 1.25 bits per heavy atom. The highest BCUT2D eigenvalue weighted by atomic mass is 32.2. The van der Waals surface area contributed by atoms with Gasteiger partial charge in [-0.25, -0.2) is 21.6 Å². The summed E-state index contributed by atoms with van der Waals surface area (Å²) in [7, 11) is -4.29. The number of sulfonamides is 1. The summed E-state index contributed by atoms with van der Waals surface area (Å²) >= 11 is 0. The lowest BCUT2D eigenvalue weighted by Gasteiger charge is -2.17. The molecule has 1 aliphatic heterocycles. The molecule has 0 spiro atoms. The van der Waals surface area contributed by atoms with Crippen molar-refractivity contribution in [2.24, 2.45) is 11.7 Å². The highest BCUT2D eigenvalue weighted by Crippen LogP contribution is 2.29. The largest absolute Gasteiger partial charge is 0.330 e. The van der Waals surface area contributed by atoms with Crippen LogP contribution in [0.15, 0.2) is 17.0 Å². The van der Waals surface area contributed by atoms with Crippen LogP contribution in [-0.4, -0.2) is 32.4 Å². The van der Waals surface area contributed by atoms with Crippen LogP contribution in [-0.2, 0) is 10.0 Å². The second-order valence-electron chi connectivity index (χ2n) is 4.79. The van der Waals surface area contributed by atoms with Gasteiger partial charge in [0.1, 0.15) is 17.5 Å². The fraction of sp³-hybridized carbons (Fsp3) is 0.500. The third-order valence-corrected chi connectivity index (χ3v) is 5.30. The van der Waals surface area contributed by atoms with E-state index in [0.29, 0.717) is 31.5 Å². The summed E-state index contributed by atoms with van der Waals surface area (Å²) in [6, 6.07) is 0.729. The Kier molecular flexibility index (Phi) is 4.36. The average Bonchev–Trinajstić information content (AvgIpc) is 2.76. The van der Waals surface area contributed by atoms with Gasteiger partial charge in [0.15, 0.2) is 4.90 Å². The van der Waals surface area contributed by atoms with Gasteiger partial charge in [0.05, 0.1) is 0 Å². The number of benzene rings is 1. The quantitative estimate of drug-likeness (QED) is 0.916. The van der Waals surface area contributed by atoms with E-state index in [4.69, 9.17) is 5.73 Å². The van der Waals surface area contributed by atoms with Crippen molar-refractivity contribution in [1.29, 1.82) is 0 Å². The van der Waals surface area contributed by atoms with Crippen LogP contribution in [0.2, 0.25) is 0 Å². The van der Waals surface area contributed by atoms with E-state index in [0.717, 1.165) is 4.31 Å². The molecule has 20 heavy (non-hydrogen) atoms. The summed E-state index contributed by atoms with van der Waals surface area (Å²) in [6.07, 6.45) is 1.25. The van der Waals surface area contributed by atoms with E-state index >= 15 is 0 Å². The molecule has 1 aliphatic rings. The van der Waals surface area contributed by atoms with Gasteiger partial charge in [-0.05, 0) is 25.3 Å². The fourth-order valence-electron chi connectivity index (χ4n) is 2.39. The van der Waals surface area contributed by atoms with E-state index in [9.17, 15) is 21.6 Å². The predicted octanol–water partition coefficient (Wildman–Crippen LogP) is 1.46. The summed E-state index contributed by atoms with van der Waals surface area (Å²) in [5.74, 6) is -3.89. The lowest BCUT2D eigenvalue weighted by Crippen LogP contribution is -2.30. The fourth-order valence-corrected chi connectivity index (χ4v) is 4.01. The van der Waals surface area contributed by atoms with Crippen LogP contribution < -0.4 is 5.73 Å². The highest BCUT2D eigenvalue weighted by Gasteiger charge is 2.36. The number of nitrogens with zero attached hydrogens (tertiary/aromatic N) is 1. The van der Waals surface area contributed by atoms with Crippen molar-refractivity contribution in [2.45, 2.75) is 17.7 Å². The molecule has 1 aromatic rings. The van der Waals surface area contributed by atoms with Crippen molar-refractivity contribution in [3.8, 4) is 0 Å². The molecule has 1 saturated heterocycles. The van der Waals surface area contributed by atoms with Crippen LogP contribution >= 0.6 is 0 Å². The van der Waals surface area contributed by atoms with Gasteiger partial charge >= 0.3 is 0 Å². The molecule has 4 nitrogen and oxygen atoms in total. The number of nitrogens with two attached hydrogens (primary N) is 1. The summed E-state index contributed by atoms with van der Waals surface area (Å²) in [4.78, 5) is -1.09. The Morgan fingerprint density at radius 3 is 2.40 bits per heavy atom. The van der Waals surface area contributed by atoms with Gasteiger partial charge in [0.2, 0.25) is 10.0 Å². The maximum Gasteiger partial charge on any atom is 0.248 e. The Labute approximate surface area is 115 Å². The van der Waals surface area contributed by atoms with Gasteiger partial charge in [-0.3, -0.25) is 0 Å². The van der Waals surface area contributed by atoms with E-state index < -0.39 is 32.4 Å². The van der Waals surface area contributed by atoms with E-state index in [2.05, 4.69) is 0 Å². The molecule has 1 aromatic carbocycles. The first-order valence-electron chi connectivity index (χ1n) is 6.21. The predicted molar refractivity (Wildman–Crippen MR) is 66.9 cm³/mol. The minimum absolute atomic E-state index is 0.0846. The molecular formula is C12H15F3N2O2S. The minimum Gasteiger partial charge on any atom is -0.330 e. The zero-order valence-corrected chi connectivity index (χ0v) is 11.5. The Morgan fingerprint density at radius 2 is 1.85 bits per heavy atom. The van der Waals surface area contributed by atoms with Crippen LogP contribution in [0.4, 0.5) is 13.2 Å². The molecule has 0 bridgehead atoms. The van der Waals surface area contributed by atoms with Crippen LogP contribution in [0.25, 0.3) is 0 Å². The molecule has 0 aliphatic carbocycles. The third kappa shape index (κ3) is 2.82. The van der Waals surface area contributed by atoms with Gasteiger partial charge in [-0.15, -0.1) is 0 Å². The maximum atomic E-state index is 13.6. The van der Waals surface area contributed by atoms with Crippen LogP contribution in [0.3, 0.4) is 0 Å². The molecule has 2 rings (SSSR count). The van der Waals surface area contributed by atoms with E-state index in [1.807, 2.05) is 0 Å². The second-order valence-corrected chi connectivity index (χ2v) is 6.67. The number of hydrogen-bond acceptors (Lipinski definition) is 3. The second kappa shape index (κ2) is 5.71. The molecule has 1 heterocycles. The average molecular weight is 308 g/mol. The molecule has 0 saturated carbocycles. The molecule has 0 aromatic heterocycles. The Hall–Kier alpha value is -1.12. The lowest BCUT2D eigenvalue weighted by atomic mass is 10.1. The standard InChI is InChI=1S/C12H15F3N2O2S/c13-9-5-10(14)12(11(15)6-9)20(18,19)17-4-2-8(7-17)1-3-16/h5-6,8H,1-4,7,16H2. The van der Waals surface area contributed by atoms with E-state index in [1.54, 1.807) is 0 Å². The van der Waals surface area contributed by atoms with Crippen molar-refractivity contribution < 1.29 is 21.6 Å². The summed E-state index contributed by atoms with van der Waals surface area (Å²) in [5.41, 5.74) is 5.41. The van der Waals surface area contributed by atoms with Crippen molar-refractivity contribution in [2.75, 3.05) is 19.6 Å². The van der Waals surface area contributed by atoms with E-state index in [1.165, 1.54) is 0 Å². The smallest absolute Gasteiger partial charge is 0.248 e. The molecule has 0 radical (unpaired) electrons. The zero-order valence-electron chi connectivity index (χ0n) is 10.7. The summed E-state index contributed by atoms with van der Waals surface area (Å²) < 4.78 is 65.5. The van der Waals surface area contributed by atoms with Crippen LogP contribution in [0.1, 0.15) is 12.8 Å². The molecule has 8 heteroatoms. The minimum atomic E-state index is -4.29. The van der Waals surface area contributed by atoms with Gasteiger partial charge in [0.25, 0.3) is 0 Å². The molecule has 0 amide bonds. The SMILES string of the molecule is NCCC1CCN(S(=O)(=O)c2c(F)cc(F)cc2F)C1. The van der Waals surface area contributed by atoms with Crippen molar-refractivity contribution in [3.63, 3.8) is 0 Å².